The molecule has 0 bridgehead atoms. The van der Waals surface area contributed by atoms with Gasteiger partial charge in [0.15, 0.2) is 0 Å². The maximum absolute atomic E-state index is 9.50. The van der Waals surface area contributed by atoms with Crippen LogP contribution in [0.3, 0.4) is 0 Å². The highest BCUT2D eigenvalue weighted by atomic mass is 32.1. The van der Waals surface area contributed by atoms with Crippen LogP contribution in [0.25, 0.3) is 0 Å². The fourth-order valence-electron chi connectivity index (χ4n) is 0.899. The topological polar surface area (TPSA) is 20.2 Å². The van der Waals surface area contributed by atoms with E-state index in [4.69, 9.17) is 0 Å². The molecule has 1 heterocycles. The zero-order valence-electron chi connectivity index (χ0n) is 6.36. The lowest BCUT2D eigenvalue weighted by molar-refractivity contribution is 0.172. The molecule has 0 aliphatic carbocycles. The summed E-state index contributed by atoms with van der Waals surface area (Å²) in [6.45, 7) is 3.61. The lowest BCUT2D eigenvalue weighted by Gasteiger charge is -2.04. The molecule has 60 valence electrons. The summed E-state index contributed by atoms with van der Waals surface area (Å²) in [5.74, 6) is 0. The minimum Gasteiger partial charge on any atom is -0.388 e. The largest absolute Gasteiger partial charge is 0.388 e. The minimum atomic E-state index is -0.298. The van der Waals surface area contributed by atoms with Crippen molar-refractivity contribution in [2.75, 3.05) is 0 Å². The molecule has 0 aliphatic heterocycles. The van der Waals surface area contributed by atoms with E-state index in [2.05, 4.69) is 6.58 Å². The van der Waals surface area contributed by atoms with Crippen molar-refractivity contribution in [1.29, 1.82) is 0 Å². The highest BCUT2D eigenvalue weighted by Gasteiger charge is 2.05. The third-order valence-corrected chi connectivity index (χ3v) is 2.49. The Bertz CT molecular complexity index is 203. The van der Waals surface area contributed by atoms with E-state index in [0.717, 1.165) is 17.7 Å². The molecule has 1 unspecified atom stereocenters. The Hall–Kier alpha value is -0.600. The Morgan fingerprint density at radius 2 is 2.55 bits per heavy atom. The van der Waals surface area contributed by atoms with E-state index in [1.165, 1.54) is 0 Å². The fourth-order valence-corrected chi connectivity index (χ4v) is 1.65. The van der Waals surface area contributed by atoms with Gasteiger partial charge in [0.05, 0.1) is 6.10 Å². The maximum atomic E-state index is 9.50. The molecule has 1 aromatic rings. The first-order valence-electron chi connectivity index (χ1n) is 3.67. The number of aliphatic hydroxyl groups excluding tert-OH is 1. The zero-order chi connectivity index (χ0) is 8.10. The molecular weight excluding hydrogens is 156 g/mol. The van der Waals surface area contributed by atoms with E-state index in [0.29, 0.717) is 0 Å². The van der Waals surface area contributed by atoms with Crippen LogP contribution in [0, 0.1) is 0 Å². The molecule has 1 rings (SSSR count). The summed E-state index contributed by atoms with van der Waals surface area (Å²) in [5, 5.41) is 11.5. The molecule has 0 aromatic carbocycles. The Kier molecular flexibility index (Phi) is 3.33. The van der Waals surface area contributed by atoms with Crippen LogP contribution in [0.2, 0.25) is 0 Å². The van der Waals surface area contributed by atoms with Crippen LogP contribution in [0.15, 0.2) is 30.2 Å². The number of hydrogen-bond acceptors (Lipinski definition) is 2. The van der Waals surface area contributed by atoms with Crippen LogP contribution >= 0.6 is 11.3 Å². The lowest BCUT2D eigenvalue weighted by Crippen LogP contribution is -1.92. The molecule has 11 heavy (non-hydrogen) atoms. The second-order valence-electron chi connectivity index (χ2n) is 2.40. The van der Waals surface area contributed by atoms with Crippen molar-refractivity contribution in [2.45, 2.75) is 18.9 Å². The molecule has 1 N–H and O–H groups in total. The Balaban J connectivity index is 2.42. The van der Waals surface area contributed by atoms with Crippen LogP contribution in [-0.4, -0.2) is 5.11 Å². The quantitative estimate of drug-likeness (QED) is 0.685. The van der Waals surface area contributed by atoms with Gasteiger partial charge in [0.25, 0.3) is 0 Å². The molecule has 1 atom stereocenters. The summed E-state index contributed by atoms with van der Waals surface area (Å²) in [4.78, 5) is 1.05. The highest BCUT2D eigenvalue weighted by molar-refractivity contribution is 7.10. The van der Waals surface area contributed by atoms with Gasteiger partial charge in [-0.3, -0.25) is 0 Å². The van der Waals surface area contributed by atoms with Gasteiger partial charge in [-0.15, -0.1) is 17.9 Å². The first kappa shape index (κ1) is 8.50. The molecule has 0 saturated carbocycles. The van der Waals surface area contributed by atoms with Gasteiger partial charge in [0, 0.05) is 4.88 Å². The second-order valence-corrected chi connectivity index (χ2v) is 3.38. The number of thiophene rings is 1. The van der Waals surface area contributed by atoms with Crippen LogP contribution in [0.1, 0.15) is 23.8 Å². The number of hydrogen-bond donors (Lipinski definition) is 1. The molecule has 0 aliphatic rings. The van der Waals surface area contributed by atoms with Crippen LogP contribution in [0.5, 0.6) is 0 Å². The smallest absolute Gasteiger partial charge is 0.0884 e. The van der Waals surface area contributed by atoms with Crippen LogP contribution in [-0.2, 0) is 0 Å². The van der Waals surface area contributed by atoms with Gasteiger partial charge in [-0.05, 0) is 24.3 Å². The summed E-state index contributed by atoms with van der Waals surface area (Å²) in [6, 6.07) is 3.91. The molecule has 0 radical (unpaired) electrons. The molecule has 2 heteroatoms. The summed E-state index contributed by atoms with van der Waals surface area (Å²) in [7, 11) is 0. The van der Waals surface area contributed by atoms with Gasteiger partial charge >= 0.3 is 0 Å². The molecule has 0 amide bonds. The van der Waals surface area contributed by atoms with Crippen molar-refractivity contribution in [1.82, 2.24) is 0 Å². The minimum absolute atomic E-state index is 0.298. The normalized spacial score (nSPS) is 12.8. The third kappa shape index (κ3) is 2.48. The molecule has 0 fully saturated rings. The SMILES string of the molecule is C=CCCC(O)c1cccs1. The Morgan fingerprint density at radius 3 is 3.09 bits per heavy atom. The number of rotatable bonds is 4. The van der Waals surface area contributed by atoms with Crippen LogP contribution in [0.4, 0.5) is 0 Å². The molecule has 1 aromatic heterocycles. The van der Waals surface area contributed by atoms with Crippen molar-refractivity contribution in [3.8, 4) is 0 Å². The van der Waals surface area contributed by atoms with E-state index in [1.54, 1.807) is 11.3 Å². The standard InChI is InChI=1S/C9H12OS/c1-2-3-5-8(10)9-6-4-7-11-9/h2,4,6-8,10H,1,3,5H2. The molecule has 1 nitrogen and oxygen atoms in total. The first-order chi connectivity index (χ1) is 5.34. The average Bonchev–Trinajstić information content (AvgIpc) is 2.52. The lowest BCUT2D eigenvalue weighted by atomic mass is 10.2. The number of aliphatic hydroxyl groups is 1. The van der Waals surface area contributed by atoms with Gasteiger partial charge < -0.3 is 5.11 Å². The number of allylic oxidation sites excluding steroid dienone is 1. The van der Waals surface area contributed by atoms with Gasteiger partial charge in [-0.1, -0.05) is 12.1 Å². The second kappa shape index (κ2) is 4.31. The van der Waals surface area contributed by atoms with Gasteiger partial charge in [0.1, 0.15) is 0 Å². The van der Waals surface area contributed by atoms with Gasteiger partial charge in [-0.25, -0.2) is 0 Å². The predicted molar refractivity (Wildman–Crippen MR) is 48.7 cm³/mol. The van der Waals surface area contributed by atoms with E-state index in [1.807, 2.05) is 23.6 Å². The van der Waals surface area contributed by atoms with Crippen LogP contribution < -0.4 is 0 Å². The first-order valence-corrected chi connectivity index (χ1v) is 4.55. The van der Waals surface area contributed by atoms with Crippen molar-refractivity contribution in [3.05, 3.63) is 35.0 Å². The van der Waals surface area contributed by atoms with Gasteiger partial charge in [-0.2, -0.15) is 0 Å². The predicted octanol–water partition coefficient (Wildman–Crippen LogP) is 2.75. The Labute approximate surface area is 71.0 Å². The van der Waals surface area contributed by atoms with Crippen molar-refractivity contribution in [2.24, 2.45) is 0 Å². The average molecular weight is 168 g/mol. The molecule has 0 spiro atoms. The monoisotopic (exact) mass is 168 g/mol. The molecule has 0 saturated heterocycles. The summed E-state index contributed by atoms with van der Waals surface area (Å²) in [6.07, 6.45) is 3.19. The van der Waals surface area contributed by atoms with E-state index in [9.17, 15) is 5.11 Å². The third-order valence-electron chi connectivity index (χ3n) is 1.52. The van der Waals surface area contributed by atoms with E-state index < -0.39 is 0 Å². The van der Waals surface area contributed by atoms with E-state index in [-0.39, 0.29) is 6.10 Å². The maximum Gasteiger partial charge on any atom is 0.0884 e. The zero-order valence-corrected chi connectivity index (χ0v) is 7.18. The fraction of sp³-hybridized carbons (Fsp3) is 0.333. The summed E-state index contributed by atoms with van der Waals surface area (Å²) < 4.78 is 0. The summed E-state index contributed by atoms with van der Waals surface area (Å²) >= 11 is 1.60. The van der Waals surface area contributed by atoms with Crippen molar-refractivity contribution >= 4 is 11.3 Å². The highest BCUT2D eigenvalue weighted by Crippen LogP contribution is 2.22. The summed E-state index contributed by atoms with van der Waals surface area (Å²) in [5.41, 5.74) is 0. The van der Waals surface area contributed by atoms with Gasteiger partial charge in [0.2, 0.25) is 0 Å². The van der Waals surface area contributed by atoms with Crippen molar-refractivity contribution in [3.63, 3.8) is 0 Å². The van der Waals surface area contributed by atoms with E-state index >= 15 is 0 Å². The molecular formula is C9H12OS. The Morgan fingerprint density at radius 1 is 1.73 bits per heavy atom. The van der Waals surface area contributed by atoms with Crippen molar-refractivity contribution < 1.29 is 5.11 Å².